The van der Waals surface area contributed by atoms with E-state index < -0.39 is 0 Å². The van der Waals surface area contributed by atoms with E-state index in [1.165, 1.54) is 0 Å². The summed E-state index contributed by atoms with van der Waals surface area (Å²) in [5.74, 6) is 0.159. The highest BCUT2D eigenvalue weighted by molar-refractivity contribution is 5.83. The van der Waals surface area contributed by atoms with Crippen molar-refractivity contribution in [2.45, 2.75) is 32.9 Å². The zero-order valence-corrected chi connectivity index (χ0v) is 8.11. The Morgan fingerprint density at radius 3 is 2.50 bits per heavy atom. The zero-order chi connectivity index (χ0) is 9.30. The SMILES string of the molecule is CC(C)N1C=CN(C)C(=O)C1C. The average molecular weight is 168 g/mol. The summed E-state index contributed by atoms with van der Waals surface area (Å²) < 4.78 is 0. The van der Waals surface area contributed by atoms with E-state index in [2.05, 4.69) is 18.7 Å². The molecule has 3 heteroatoms. The van der Waals surface area contributed by atoms with E-state index in [9.17, 15) is 4.79 Å². The van der Waals surface area contributed by atoms with Gasteiger partial charge in [-0.05, 0) is 20.8 Å². The van der Waals surface area contributed by atoms with E-state index in [0.717, 1.165) is 0 Å². The molecule has 0 N–H and O–H groups in total. The lowest BCUT2D eigenvalue weighted by Gasteiger charge is -2.36. The van der Waals surface area contributed by atoms with Gasteiger partial charge in [-0.15, -0.1) is 0 Å². The number of nitrogens with zero attached hydrogens (tertiary/aromatic N) is 2. The molecule has 1 rings (SSSR count). The minimum absolute atomic E-state index is 0.0278. The second-order valence-electron chi connectivity index (χ2n) is 3.46. The number of rotatable bonds is 1. The maximum Gasteiger partial charge on any atom is 0.248 e. The molecule has 0 fully saturated rings. The van der Waals surface area contributed by atoms with Crippen LogP contribution in [0, 0.1) is 0 Å². The molecule has 1 atom stereocenters. The first kappa shape index (κ1) is 9.10. The van der Waals surface area contributed by atoms with Crippen LogP contribution in [0.25, 0.3) is 0 Å². The molecule has 1 aliphatic heterocycles. The third-order valence-electron chi connectivity index (χ3n) is 2.21. The monoisotopic (exact) mass is 168 g/mol. The Hall–Kier alpha value is -0.990. The second-order valence-corrected chi connectivity index (χ2v) is 3.46. The molecular weight excluding hydrogens is 152 g/mol. The van der Waals surface area contributed by atoms with Crippen molar-refractivity contribution in [3.8, 4) is 0 Å². The second kappa shape index (κ2) is 3.17. The van der Waals surface area contributed by atoms with E-state index >= 15 is 0 Å². The fourth-order valence-corrected chi connectivity index (χ4v) is 1.42. The van der Waals surface area contributed by atoms with Gasteiger partial charge in [0.15, 0.2) is 0 Å². The lowest BCUT2D eigenvalue weighted by Crippen LogP contribution is -2.47. The van der Waals surface area contributed by atoms with Crippen molar-refractivity contribution in [1.29, 1.82) is 0 Å². The highest BCUT2D eigenvalue weighted by Crippen LogP contribution is 2.13. The predicted molar refractivity (Wildman–Crippen MR) is 48.3 cm³/mol. The fourth-order valence-electron chi connectivity index (χ4n) is 1.42. The zero-order valence-electron chi connectivity index (χ0n) is 8.11. The van der Waals surface area contributed by atoms with Gasteiger partial charge in [-0.1, -0.05) is 0 Å². The summed E-state index contributed by atoms with van der Waals surface area (Å²) in [7, 11) is 1.78. The van der Waals surface area contributed by atoms with Gasteiger partial charge in [-0.25, -0.2) is 0 Å². The van der Waals surface area contributed by atoms with Crippen LogP contribution in [-0.2, 0) is 4.79 Å². The van der Waals surface area contributed by atoms with Crippen molar-refractivity contribution in [1.82, 2.24) is 9.80 Å². The van der Waals surface area contributed by atoms with Gasteiger partial charge in [0.2, 0.25) is 5.91 Å². The number of carbonyl (C=O) groups excluding carboxylic acids is 1. The summed E-state index contributed by atoms with van der Waals surface area (Å²) in [4.78, 5) is 15.2. The number of amides is 1. The van der Waals surface area contributed by atoms with Gasteiger partial charge in [0.05, 0.1) is 0 Å². The maximum absolute atomic E-state index is 11.5. The summed E-state index contributed by atoms with van der Waals surface area (Å²) in [5.41, 5.74) is 0. The maximum atomic E-state index is 11.5. The summed E-state index contributed by atoms with van der Waals surface area (Å²) in [5, 5.41) is 0. The predicted octanol–water partition coefficient (Wildman–Crippen LogP) is 1.03. The molecule has 0 saturated carbocycles. The Morgan fingerprint density at radius 1 is 1.42 bits per heavy atom. The molecule has 0 aromatic rings. The van der Waals surface area contributed by atoms with Crippen LogP contribution in [0.4, 0.5) is 0 Å². The van der Waals surface area contributed by atoms with Crippen LogP contribution in [0.15, 0.2) is 12.4 Å². The standard InChI is InChI=1S/C9H16N2O/c1-7(2)11-6-5-10(4)9(12)8(11)3/h5-8H,1-4H3. The molecule has 1 amide bonds. The lowest BCUT2D eigenvalue weighted by molar-refractivity contribution is -0.133. The Bertz CT molecular complexity index is 211. The van der Waals surface area contributed by atoms with Gasteiger partial charge in [-0.2, -0.15) is 0 Å². The third-order valence-corrected chi connectivity index (χ3v) is 2.21. The molecule has 12 heavy (non-hydrogen) atoms. The lowest BCUT2D eigenvalue weighted by atomic mass is 10.2. The molecule has 1 aliphatic rings. The molecule has 1 unspecified atom stereocenters. The summed E-state index contributed by atoms with van der Waals surface area (Å²) in [6, 6.07) is 0.355. The molecule has 0 aliphatic carbocycles. The smallest absolute Gasteiger partial charge is 0.248 e. The number of likely N-dealkylation sites (N-methyl/N-ethyl adjacent to an activating group) is 1. The average Bonchev–Trinajstić information content (AvgIpc) is 2.00. The van der Waals surface area contributed by atoms with Crippen LogP contribution < -0.4 is 0 Å². The third kappa shape index (κ3) is 1.44. The first-order valence-corrected chi connectivity index (χ1v) is 4.26. The van der Waals surface area contributed by atoms with Gasteiger partial charge in [0.1, 0.15) is 6.04 Å². The molecule has 0 spiro atoms. The van der Waals surface area contributed by atoms with Gasteiger partial charge in [0, 0.05) is 25.5 Å². The van der Waals surface area contributed by atoms with Crippen LogP contribution in [0.2, 0.25) is 0 Å². The van der Waals surface area contributed by atoms with Gasteiger partial charge >= 0.3 is 0 Å². The molecule has 0 saturated heterocycles. The fraction of sp³-hybridized carbons (Fsp3) is 0.667. The molecule has 1 heterocycles. The van der Waals surface area contributed by atoms with Gasteiger partial charge < -0.3 is 9.80 Å². The minimum Gasteiger partial charge on any atom is -0.362 e. The Kier molecular flexibility index (Phi) is 2.40. The number of carbonyl (C=O) groups is 1. The van der Waals surface area contributed by atoms with Gasteiger partial charge in [0.25, 0.3) is 0 Å². The number of hydrogen-bond acceptors (Lipinski definition) is 2. The molecule has 0 aromatic heterocycles. The van der Waals surface area contributed by atoms with E-state index in [1.54, 1.807) is 11.9 Å². The van der Waals surface area contributed by atoms with Crippen molar-refractivity contribution < 1.29 is 4.79 Å². The van der Waals surface area contributed by atoms with Crippen LogP contribution >= 0.6 is 0 Å². The van der Waals surface area contributed by atoms with E-state index in [1.807, 2.05) is 19.3 Å². The topological polar surface area (TPSA) is 23.6 Å². The summed E-state index contributed by atoms with van der Waals surface area (Å²) in [6.45, 7) is 6.10. The molecule has 0 bridgehead atoms. The van der Waals surface area contributed by atoms with Crippen molar-refractivity contribution >= 4 is 5.91 Å². The van der Waals surface area contributed by atoms with Crippen molar-refractivity contribution in [2.24, 2.45) is 0 Å². The van der Waals surface area contributed by atoms with E-state index in [0.29, 0.717) is 6.04 Å². The normalized spacial score (nSPS) is 24.1. The first-order valence-electron chi connectivity index (χ1n) is 4.26. The van der Waals surface area contributed by atoms with Crippen molar-refractivity contribution in [3.63, 3.8) is 0 Å². The van der Waals surface area contributed by atoms with E-state index in [4.69, 9.17) is 0 Å². The highest BCUT2D eigenvalue weighted by atomic mass is 16.2. The van der Waals surface area contributed by atoms with Crippen LogP contribution in [0.1, 0.15) is 20.8 Å². The Labute approximate surface area is 73.6 Å². The van der Waals surface area contributed by atoms with E-state index in [-0.39, 0.29) is 11.9 Å². The summed E-state index contributed by atoms with van der Waals surface area (Å²) in [6.07, 6.45) is 3.78. The molecule has 0 aromatic carbocycles. The van der Waals surface area contributed by atoms with Crippen LogP contribution in [-0.4, -0.2) is 34.8 Å². The van der Waals surface area contributed by atoms with Gasteiger partial charge in [-0.3, -0.25) is 4.79 Å². The van der Waals surface area contributed by atoms with Crippen LogP contribution in [0.3, 0.4) is 0 Å². The Morgan fingerprint density at radius 2 is 2.00 bits per heavy atom. The molecular formula is C9H16N2O. The molecule has 3 nitrogen and oxygen atoms in total. The molecule has 0 radical (unpaired) electrons. The largest absolute Gasteiger partial charge is 0.362 e. The first-order chi connectivity index (χ1) is 5.54. The molecule has 68 valence electrons. The Balaban J connectivity index is 2.81. The highest BCUT2D eigenvalue weighted by Gasteiger charge is 2.26. The number of hydrogen-bond donors (Lipinski definition) is 0. The summed E-state index contributed by atoms with van der Waals surface area (Å²) >= 11 is 0. The van der Waals surface area contributed by atoms with Crippen molar-refractivity contribution in [3.05, 3.63) is 12.4 Å². The van der Waals surface area contributed by atoms with Crippen LogP contribution in [0.5, 0.6) is 0 Å². The minimum atomic E-state index is -0.0278. The quantitative estimate of drug-likeness (QED) is 0.584. The van der Waals surface area contributed by atoms with Crippen molar-refractivity contribution in [2.75, 3.05) is 7.05 Å².